The molecule has 0 spiro atoms. The fourth-order valence-electron chi connectivity index (χ4n) is 3.19. The molecule has 1 aliphatic heterocycles. The summed E-state index contributed by atoms with van der Waals surface area (Å²) in [6, 6.07) is 14.4. The third-order valence-electron chi connectivity index (χ3n) is 4.21. The molecule has 0 aliphatic carbocycles. The van der Waals surface area contributed by atoms with Crippen LogP contribution < -0.4 is 0 Å². The molecule has 2 aromatic rings. The Morgan fingerprint density at radius 3 is 2.84 bits per heavy atom. The van der Waals surface area contributed by atoms with Crippen molar-refractivity contribution in [2.24, 2.45) is 5.92 Å². The topological polar surface area (TPSA) is 29.5 Å². The van der Waals surface area contributed by atoms with Crippen molar-refractivity contribution in [1.82, 2.24) is 0 Å². The smallest absolute Gasteiger partial charge is 0.0849 e. The second-order valence-corrected chi connectivity index (χ2v) is 5.28. The van der Waals surface area contributed by atoms with E-state index < -0.39 is 6.10 Å². The normalized spacial score (nSPS) is 24.7. The molecule has 0 amide bonds. The van der Waals surface area contributed by atoms with Crippen molar-refractivity contribution in [2.75, 3.05) is 6.61 Å². The number of hydrogen-bond acceptors (Lipinski definition) is 2. The third-order valence-corrected chi connectivity index (χ3v) is 4.21. The van der Waals surface area contributed by atoms with Gasteiger partial charge >= 0.3 is 0 Å². The summed E-state index contributed by atoms with van der Waals surface area (Å²) in [6.07, 6.45) is 1.67. The van der Waals surface area contributed by atoms with Gasteiger partial charge in [0.15, 0.2) is 0 Å². The molecule has 1 heterocycles. The second kappa shape index (κ2) is 5.32. The Morgan fingerprint density at radius 1 is 1.21 bits per heavy atom. The van der Waals surface area contributed by atoms with Crippen LogP contribution in [0.3, 0.4) is 0 Å². The fraction of sp³-hybridized carbons (Fsp3) is 0.412. The molecular weight excluding hydrogens is 236 g/mol. The van der Waals surface area contributed by atoms with Crippen molar-refractivity contribution in [3.63, 3.8) is 0 Å². The van der Waals surface area contributed by atoms with Crippen molar-refractivity contribution in [3.05, 3.63) is 48.0 Å². The van der Waals surface area contributed by atoms with E-state index in [0.717, 1.165) is 30.4 Å². The first kappa shape index (κ1) is 12.6. The standard InChI is InChI=1S/C17H20O2/c1-2-16-15(10-11-19-16)17(18)14-9-5-7-12-6-3-4-8-13(12)14/h3-9,15-18H,2,10-11H2,1H3. The number of hydrogen-bond donors (Lipinski definition) is 1. The lowest BCUT2D eigenvalue weighted by Gasteiger charge is -2.24. The molecule has 0 saturated carbocycles. The largest absolute Gasteiger partial charge is 0.388 e. The molecule has 0 aromatic heterocycles. The maximum atomic E-state index is 10.7. The van der Waals surface area contributed by atoms with Crippen LogP contribution in [0.25, 0.3) is 10.8 Å². The highest BCUT2D eigenvalue weighted by Crippen LogP contribution is 2.37. The Labute approximate surface area is 114 Å². The van der Waals surface area contributed by atoms with Crippen LogP contribution in [0.4, 0.5) is 0 Å². The van der Waals surface area contributed by atoms with E-state index in [1.807, 2.05) is 24.3 Å². The van der Waals surface area contributed by atoms with Gasteiger partial charge in [0.05, 0.1) is 12.2 Å². The molecule has 1 saturated heterocycles. The van der Waals surface area contributed by atoms with Crippen LogP contribution in [0.5, 0.6) is 0 Å². The summed E-state index contributed by atoms with van der Waals surface area (Å²) in [5.41, 5.74) is 1.03. The van der Waals surface area contributed by atoms with Crippen molar-refractivity contribution in [3.8, 4) is 0 Å². The first-order chi connectivity index (χ1) is 9.31. The zero-order chi connectivity index (χ0) is 13.2. The van der Waals surface area contributed by atoms with Crippen LogP contribution in [0.15, 0.2) is 42.5 Å². The van der Waals surface area contributed by atoms with Crippen molar-refractivity contribution in [2.45, 2.75) is 32.0 Å². The predicted molar refractivity (Wildman–Crippen MR) is 77.0 cm³/mol. The molecule has 1 fully saturated rings. The van der Waals surface area contributed by atoms with Crippen LogP contribution in [0.2, 0.25) is 0 Å². The maximum absolute atomic E-state index is 10.7. The summed E-state index contributed by atoms with van der Waals surface area (Å²) < 4.78 is 5.71. The fourth-order valence-corrected chi connectivity index (χ4v) is 3.19. The number of benzene rings is 2. The van der Waals surface area contributed by atoms with Gasteiger partial charge in [-0.2, -0.15) is 0 Å². The third kappa shape index (κ3) is 2.26. The number of rotatable bonds is 3. The van der Waals surface area contributed by atoms with E-state index in [-0.39, 0.29) is 12.0 Å². The molecule has 1 N–H and O–H groups in total. The minimum Gasteiger partial charge on any atom is -0.388 e. The summed E-state index contributed by atoms with van der Waals surface area (Å²) in [6.45, 7) is 2.89. The highest BCUT2D eigenvalue weighted by Gasteiger charge is 2.33. The average molecular weight is 256 g/mol. The van der Waals surface area contributed by atoms with Crippen LogP contribution in [0.1, 0.15) is 31.4 Å². The van der Waals surface area contributed by atoms with Gasteiger partial charge in [-0.3, -0.25) is 0 Å². The van der Waals surface area contributed by atoms with Crippen molar-refractivity contribution >= 4 is 10.8 Å². The van der Waals surface area contributed by atoms with E-state index in [1.165, 1.54) is 5.39 Å². The number of ether oxygens (including phenoxy) is 1. The van der Waals surface area contributed by atoms with Gasteiger partial charge in [0.25, 0.3) is 0 Å². The van der Waals surface area contributed by atoms with Gasteiger partial charge < -0.3 is 9.84 Å². The summed E-state index contributed by atoms with van der Waals surface area (Å²) in [5.74, 6) is 0.218. The number of fused-ring (bicyclic) bond motifs is 1. The van der Waals surface area contributed by atoms with E-state index in [9.17, 15) is 5.11 Å². The molecule has 0 radical (unpaired) electrons. The molecule has 1 aliphatic rings. The quantitative estimate of drug-likeness (QED) is 0.907. The average Bonchev–Trinajstić information content (AvgIpc) is 2.94. The van der Waals surface area contributed by atoms with E-state index >= 15 is 0 Å². The van der Waals surface area contributed by atoms with Gasteiger partial charge in [0.2, 0.25) is 0 Å². The Bertz CT molecular complexity index is 559. The number of aliphatic hydroxyl groups excluding tert-OH is 1. The Kier molecular flexibility index (Phi) is 3.54. The van der Waals surface area contributed by atoms with Gasteiger partial charge in [-0.25, -0.2) is 0 Å². The van der Waals surface area contributed by atoms with E-state index in [4.69, 9.17) is 4.74 Å². The lowest BCUT2D eigenvalue weighted by atomic mass is 9.87. The Morgan fingerprint density at radius 2 is 2.00 bits per heavy atom. The van der Waals surface area contributed by atoms with Crippen LogP contribution in [-0.2, 0) is 4.74 Å². The molecular formula is C17H20O2. The van der Waals surface area contributed by atoms with Gasteiger partial charge in [0, 0.05) is 12.5 Å². The highest BCUT2D eigenvalue weighted by atomic mass is 16.5. The van der Waals surface area contributed by atoms with Crippen LogP contribution >= 0.6 is 0 Å². The van der Waals surface area contributed by atoms with E-state index in [1.54, 1.807) is 0 Å². The molecule has 19 heavy (non-hydrogen) atoms. The number of aliphatic hydroxyl groups is 1. The molecule has 2 aromatic carbocycles. The van der Waals surface area contributed by atoms with Gasteiger partial charge in [-0.1, -0.05) is 49.4 Å². The molecule has 0 bridgehead atoms. The lowest BCUT2D eigenvalue weighted by molar-refractivity contribution is 0.0313. The summed E-state index contributed by atoms with van der Waals surface area (Å²) in [5, 5.41) is 13.1. The zero-order valence-corrected chi connectivity index (χ0v) is 11.3. The van der Waals surface area contributed by atoms with Crippen molar-refractivity contribution in [1.29, 1.82) is 0 Å². The predicted octanol–water partition coefficient (Wildman–Crippen LogP) is 3.69. The zero-order valence-electron chi connectivity index (χ0n) is 11.3. The molecule has 100 valence electrons. The van der Waals surface area contributed by atoms with Crippen molar-refractivity contribution < 1.29 is 9.84 Å². The summed E-state index contributed by atoms with van der Waals surface area (Å²) >= 11 is 0. The van der Waals surface area contributed by atoms with Gasteiger partial charge in [0.1, 0.15) is 0 Å². The second-order valence-electron chi connectivity index (χ2n) is 5.28. The minimum atomic E-state index is -0.432. The molecule has 3 rings (SSSR count). The highest BCUT2D eigenvalue weighted by molar-refractivity contribution is 5.86. The van der Waals surface area contributed by atoms with E-state index in [2.05, 4.69) is 25.1 Å². The Hall–Kier alpha value is -1.38. The first-order valence-electron chi connectivity index (χ1n) is 7.08. The SMILES string of the molecule is CCC1OCCC1C(O)c1cccc2ccccc12. The van der Waals surface area contributed by atoms with E-state index in [0.29, 0.717) is 0 Å². The van der Waals surface area contributed by atoms with Crippen LogP contribution in [0, 0.1) is 5.92 Å². The molecule has 3 unspecified atom stereocenters. The lowest BCUT2D eigenvalue weighted by Crippen LogP contribution is -2.22. The Balaban J connectivity index is 1.99. The summed E-state index contributed by atoms with van der Waals surface area (Å²) in [4.78, 5) is 0. The molecule has 3 atom stereocenters. The minimum absolute atomic E-state index is 0.189. The monoisotopic (exact) mass is 256 g/mol. The molecule has 2 nitrogen and oxygen atoms in total. The first-order valence-corrected chi connectivity index (χ1v) is 7.08. The van der Waals surface area contributed by atoms with Gasteiger partial charge in [-0.15, -0.1) is 0 Å². The summed E-state index contributed by atoms with van der Waals surface area (Å²) in [7, 11) is 0. The van der Waals surface area contributed by atoms with Gasteiger partial charge in [-0.05, 0) is 29.2 Å². The molecule has 2 heteroatoms. The van der Waals surface area contributed by atoms with Crippen LogP contribution in [-0.4, -0.2) is 17.8 Å². The maximum Gasteiger partial charge on any atom is 0.0849 e.